The Morgan fingerprint density at radius 1 is 1.50 bits per heavy atom. The van der Waals surface area contributed by atoms with Crippen molar-refractivity contribution in [3.8, 4) is 0 Å². The van der Waals surface area contributed by atoms with Gasteiger partial charge in [-0.15, -0.1) is 22.9 Å². The maximum Gasteiger partial charge on any atom is 0.252 e. The molecule has 0 saturated carbocycles. The van der Waals surface area contributed by atoms with Gasteiger partial charge >= 0.3 is 0 Å². The van der Waals surface area contributed by atoms with Gasteiger partial charge in [-0.1, -0.05) is 0 Å². The topological polar surface area (TPSA) is 37.4 Å². The maximum absolute atomic E-state index is 12.1. The average molecular weight is 300 g/mol. The third kappa shape index (κ3) is 3.37. The van der Waals surface area contributed by atoms with Crippen molar-refractivity contribution in [2.75, 3.05) is 25.6 Å². The molecule has 0 unspecified atom stereocenters. The minimum absolute atomic E-state index is 0.356. The third-order valence-electron chi connectivity index (χ3n) is 2.04. The second-order valence-electron chi connectivity index (χ2n) is 3.17. The van der Waals surface area contributed by atoms with E-state index in [0.717, 1.165) is 10.6 Å². The molecule has 0 spiro atoms. The van der Waals surface area contributed by atoms with E-state index in [0.29, 0.717) is 16.6 Å². The first-order chi connectivity index (χ1) is 7.52. The van der Waals surface area contributed by atoms with E-state index in [2.05, 4.69) is 0 Å². The van der Waals surface area contributed by atoms with Crippen molar-refractivity contribution in [2.24, 2.45) is 0 Å². The van der Waals surface area contributed by atoms with Crippen LogP contribution in [0.25, 0.3) is 0 Å². The van der Waals surface area contributed by atoms with Gasteiger partial charge in [0.1, 0.15) is 4.21 Å². The number of rotatable bonds is 6. The van der Waals surface area contributed by atoms with Gasteiger partial charge in [-0.25, -0.2) is 8.42 Å². The second-order valence-corrected chi connectivity index (χ2v) is 7.87. The lowest BCUT2D eigenvalue weighted by molar-refractivity contribution is 0.490. The van der Waals surface area contributed by atoms with Gasteiger partial charge in [0.2, 0.25) is 0 Å². The molecule has 0 aliphatic carbocycles. The second kappa shape index (κ2) is 6.26. The zero-order valence-corrected chi connectivity index (χ0v) is 12.3. The summed E-state index contributed by atoms with van der Waals surface area (Å²) in [4.78, 5) is 0.874. The van der Waals surface area contributed by atoms with Crippen LogP contribution < -0.4 is 0 Å². The number of nitrogens with zero attached hydrogens (tertiary/aromatic N) is 1. The smallest absolute Gasteiger partial charge is 0.206 e. The highest BCUT2D eigenvalue weighted by atomic mass is 35.5. The molecular weight excluding hydrogens is 286 g/mol. The van der Waals surface area contributed by atoms with Crippen molar-refractivity contribution in [1.29, 1.82) is 0 Å². The summed E-state index contributed by atoms with van der Waals surface area (Å²) in [6.07, 6.45) is 1.96. The van der Waals surface area contributed by atoms with Crippen molar-refractivity contribution in [2.45, 2.75) is 10.1 Å². The molecule has 0 N–H and O–H groups in total. The van der Waals surface area contributed by atoms with Gasteiger partial charge < -0.3 is 0 Å². The zero-order chi connectivity index (χ0) is 12.2. The van der Waals surface area contributed by atoms with Gasteiger partial charge in [-0.05, 0) is 18.4 Å². The van der Waals surface area contributed by atoms with Gasteiger partial charge in [-0.2, -0.15) is 16.1 Å². The summed E-state index contributed by atoms with van der Waals surface area (Å²) in [5, 5.41) is 0. The predicted octanol–water partition coefficient (Wildman–Crippen LogP) is 2.47. The van der Waals surface area contributed by atoms with Gasteiger partial charge in [-0.3, -0.25) is 0 Å². The fourth-order valence-electron chi connectivity index (χ4n) is 1.06. The van der Waals surface area contributed by atoms with E-state index in [4.69, 9.17) is 11.6 Å². The molecule has 1 aromatic heterocycles. The quantitative estimate of drug-likeness (QED) is 0.757. The molecule has 0 saturated heterocycles. The molecule has 92 valence electrons. The first-order valence-corrected chi connectivity index (χ1v) is 8.81. The minimum Gasteiger partial charge on any atom is -0.206 e. The van der Waals surface area contributed by atoms with Crippen LogP contribution in [0.5, 0.6) is 0 Å². The SMILES string of the molecule is CSCCN(C)S(=O)(=O)c1ccc(CCl)s1. The van der Waals surface area contributed by atoms with Crippen LogP contribution in [0.4, 0.5) is 0 Å². The van der Waals surface area contributed by atoms with Crippen LogP contribution in [0.2, 0.25) is 0 Å². The minimum atomic E-state index is -3.32. The number of thioether (sulfide) groups is 1. The molecule has 0 radical (unpaired) electrons. The van der Waals surface area contributed by atoms with Gasteiger partial charge in [0, 0.05) is 24.2 Å². The van der Waals surface area contributed by atoms with Crippen molar-refractivity contribution in [3.05, 3.63) is 17.0 Å². The number of alkyl halides is 1. The fraction of sp³-hybridized carbons (Fsp3) is 0.556. The largest absolute Gasteiger partial charge is 0.252 e. The van der Waals surface area contributed by atoms with E-state index in [1.165, 1.54) is 15.6 Å². The van der Waals surface area contributed by atoms with Crippen LogP contribution in [0, 0.1) is 0 Å². The fourth-order valence-corrected chi connectivity index (χ4v) is 4.48. The van der Waals surface area contributed by atoms with Crippen LogP contribution >= 0.6 is 34.7 Å². The summed E-state index contributed by atoms with van der Waals surface area (Å²) in [6.45, 7) is 0.525. The van der Waals surface area contributed by atoms with Crippen LogP contribution in [0.3, 0.4) is 0 Å². The van der Waals surface area contributed by atoms with Gasteiger partial charge in [0.25, 0.3) is 10.0 Å². The molecule has 0 atom stereocenters. The van der Waals surface area contributed by atoms with E-state index in [1.54, 1.807) is 30.9 Å². The first kappa shape index (κ1) is 14.3. The number of hydrogen-bond acceptors (Lipinski definition) is 4. The molecule has 3 nitrogen and oxygen atoms in total. The van der Waals surface area contributed by atoms with Crippen LogP contribution in [-0.2, 0) is 15.9 Å². The van der Waals surface area contributed by atoms with Crippen molar-refractivity contribution in [3.63, 3.8) is 0 Å². The Labute approximate surface area is 110 Å². The van der Waals surface area contributed by atoms with Gasteiger partial charge in [0.15, 0.2) is 0 Å². The molecule has 0 aliphatic heterocycles. The van der Waals surface area contributed by atoms with Crippen molar-refractivity contribution in [1.82, 2.24) is 4.31 Å². The molecule has 16 heavy (non-hydrogen) atoms. The van der Waals surface area contributed by atoms with Crippen LogP contribution in [0.1, 0.15) is 4.88 Å². The number of hydrogen-bond donors (Lipinski definition) is 0. The highest BCUT2D eigenvalue weighted by Crippen LogP contribution is 2.25. The molecule has 7 heteroatoms. The Hall–Kier alpha value is 0.250. The average Bonchev–Trinajstić information content (AvgIpc) is 2.74. The zero-order valence-electron chi connectivity index (χ0n) is 9.14. The Morgan fingerprint density at radius 2 is 2.19 bits per heavy atom. The number of halogens is 1. The van der Waals surface area contributed by atoms with E-state index in [-0.39, 0.29) is 0 Å². The molecule has 0 fully saturated rings. The lowest BCUT2D eigenvalue weighted by Gasteiger charge is -2.14. The number of thiophene rings is 1. The Balaban J connectivity index is 2.84. The van der Waals surface area contributed by atoms with E-state index in [1.807, 2.05) is 6.26 Å². The summed E-state index contributed by atoms with van der Waals surface area (Å²) in [5.41, 5.74) is 0. The Bertz CT molecular complexity index is 430. The van der Waals surface area contributed by atoms with Crippen molar-refractivity contribution < 1.29 is 8.42 Å². The van der Waals surface area contributed by atoms with Crippen molar-refractivity contribution >= 4 is 44.7 Å². The maximum atomic E-state index is 12.1. The summed E-state index contributed by atoms with van der Waals surface area (Å²) in [5.74, 6) is 1.15. The van der Waals surface area contributed by atoms with E-state index < -0.39 is 10.0 Å². The number of sulfonamides is 1. The predicted molar refractivity (Wildman–Crippen MR) is 72.1 cm³/mol. The lowest BCUT2D eigenvalue weighted by Crippen LogP contribution is -2.28. The molecule has 0 aliphatic rings. The molecular formula is C9H14ClNO2S3. The summed E-state index contributed by atoms with van der Waals surface area (Å²) >= 11 is 8.51. The normalized spacial score (nSPS) is 12.2. The Kier molecular flexibility index (Phi) is 5.60. The van der Waals surface area contributed by atoms with E-state index in [9.17, 15) is 8.42 Å². The standard InChI is InChI=1S/C9H14ClNO2S3/c1-11(5-6-14-2)16(12,13)9-4-3-8(7-10)15-9/h3-4H,5-7H2,1-2H3. The molecule has 0 aromatic carbocycles. The lowest BCUT2D eigenvalue weighted by atomic mass is 10.5. The molecule has 1 aromatic rings. The highest BCUT2D eigenvalue weighted by molar-refractivity contribution is 7.98. The first-order valence-electron chi connectivity index (χ1n) is 4.62. The monoisotopic (exact) mass is 299 g/mol. The van der Waals surface area contributed by atoms with Crippen LogP contribution in [0.15, 0.2) is 16.3 Å². The summed E-state index contributed by atoms with van der Waals surface area (Å²) in [7, 11) is -1.72. The molecule has 0 bridgehead atoms. The van der Waals surface area contributed by atoms with Gasteiger partial charge in [0.05, 0.1) is 5.88 Å². The van der Waals surface area contributed by atoms with E-state index >= 15 is 0 Å². The summed E-state index contributed by atoms with van der Waals surface area (Å²) in [6, 6.07) is 3.38. The van der Waals surface area contributed by atoms with Crippen LogP contribution in [-0.4, -0.2) is 38.3 Å². The third-order valence-corrected chi connectivity index (χ3v) is 6.49. The molecule has 1 heterocycles. The summed E-state index contributed by atoms with van der Waals surface area (Å²) < 4.78 is 25.9. The molecule has 1 rings (SSSR count). The Morgan fingerprint density at radius 3 is 2.69 bits per heavy atom. The molecule has 0 amide bonds. The highest BCUT2D eigenvalue weighted by Gasteiger charge is 2.22.